The SMILES string of the molecule is CC(=O)C(C1CCN(C)CC1)N1CCNCC1. The van der Waals surface area contributed by atoms with Crippen LogP contribution in [0.5, 0.6) is 0 Å². The van der Waals surface area contributed by atoms with Crippen LogP contribution in [0.25, 0.3) is 0 Å². The molecule has 0 aromatic rings. The van der Waals surface area contributed by atoms with Gasteiger partial charge in [-0.2, -0.15) is 0 Å². The molecule has 0 radical (unpaired) electrons. The number of nitrogens with zero attached hydrogens (tertiary/aromatic N) is 2. The number of piperidine rings is 1. The van der Waals surface area contributed by atoms with Gasteiger partial charge in [0.15, 0.2) is 0 Å². The van der Waals surface area contributed by atoms with Crippen molar-refractivity contribution in [3.63, 3.8) is 0 Å². The molecule has 2 aliphatic rings. The molecular weight excluding hydrogens is 214 g/mol. The van der Waals surface area contributed by atoms with Crippen molar-refractivity contribution in [1.29, 1.82) is 0 Å². The Kier molecular flexibility index (Phi) is 4.54. The fourth-order valence-electron chi connectivity index (χ4n) is 3.19. The van der Waals surface area contributed by atoms with Gasteiger partial charge in [0.05, 0.1) is 6.04 Å². The van der Waals surface area contributed by atoms with E-state index in [9.17, 15) is 4.79 Å². The van der Waals surface area contributed by atoms with E-state index in [0.717, 1.165) is 39.3 Å². The molecule has 98 valence electrons. The maximum Gasteiger partial charge on any atom is 0.147 e. The number of Topliss-reactive ketones (excluding diaryl/α,β-unsaturated/α-hetero) is 1. The standard InChI is InChI=1S/C13H25N3O/c1-11(17)13(16-9-5-14-6-10-16)12-3-7-15(2)8-4-12/h12-14H,3-10H2,1-2H3. The van der Waals surface area contributed by atoms with Crippen molar-refractivity contribution in [3.8, 4) is 0 Å². The van der Waals surface area contributed by atoms with E-state index in [0.29, 0.717) is 11.7 Å². The van der Waals surface area contributed by atoms with Crippen molar-refractivity contribution in [1.82, 2.24) is 15.1 Å². The predicted molar refractivity (Wildman–Crippen MR) is 69.1 cm³/mol. The average molecular weight is 239 g/mol. The Labute approximate surface area is 104 Å². The van der Waals surface area contributed by atoms with E-state index in [1.54, 1.807) is 6.92 Å². The first-order chi connectivity index (χ1) is 8.18. The van der Waals surface area contributed by atoms with Gasteiger partial charge in [-0.05, 0) is 45.8 Å². The Balaban J connectivity index is 1.98. The van der Waals surface area contributed by atoms with Crippen molar-refractivity contribution in [2.75, 3.05) is 46.3 Å². The topological polar surface area (TPSA) is 35.6 Å². The molecular formula is C13H25N3O. The quantitative estimate of drug-likeness (QED) is 0.763. The molecule has 0 aromatic heterocycles. The van der Waals surface area contributed by atoms with Crippen LogP contribution >= 0.6 is 0 Å². The van der Waals surface area contributed by atoms with Gasteiger partial charge in [-0.15, -0.1) is 0 Å². The molecule has 1 unspecified atom stereocenters. The molecule has 1 N–H and O–H groups in total. The normalized spacial score (nSPS) is 26.9. The van der Waals surface area contributed by atoms with Crippen LogP contribution < -0.4 is 5.32 Å². The smallest absolute Gasteiger partial charge is 0.147 e. The third-order valence-electron chi connectivity index (χ3n) is 4.17. The fraction of sp³-hybridized carbons (Fsp3) is 0.923. The largest absolute Gasteiger partial charge is 0.314 e. The average Bonchev–Trinajstić information content (AvgIpc) is 2.33. The predicted octanol–water partition coefficient (Wildman–Crippen LogP) is 0.191. The van der Waals surface area contributed by atoms with Gasteiger partial charge in [0.2, 0.25) is 0 Å². The first-order valence-electron chi connectivity index (χ1n) is 6.82. The van der Waals surface area contributed by atoms with Gasteiger partial charge in [0, 0.05) is 26.2 Å². The van der Waals surface area contributed by atoms with Gasteiger partial charge < -0.3 is 10.2 Å². The molecule has 0 aliphatic carbocycles. The Morgan fingerprint density at radius 1 is 1.18 bits per heavy atom. The first-order valence-corrected chi connectivity index (χ1v) is 6.82. The lowest BCUT2D eigenvalue weighted by atomic mass is 9.86. The zero-order valence-electron chi connectivity index (χ0n) is 11.1. The number of piperazine rings is 1. The molecule has 0 aromatic carbocycles. The van der Waals surface area contributed by atoms with E-state index in [1.165, 1.54) is 12.8 Å². The van der Waals surface area contributed by atoms with Crippen LogP contribution in [0.3, 0.4) is 0 Å². The maximum absolute atomic E-state index is 11.9. The summed E-state index contributed by atoms with van der Waals surface area (Å²) in [5, 5.41) is 3.36. The molecule has 2 saturated heterocycles. The van der Waals surface area contributed by atoms with Gasteiger partial charge in [-0.3, -0.25) is 9.69 Å². The van der Waals surface area contributed by atoms with E-state index < -0.39 is 0 Å². The Morgan fingerprint density at radius 2 is 1.76 bits per heavy atom. The van der Waals surface area contributed by atoms with Crippen LogP contribution in [0, 0.1) is 5.92 Å². The van der Waals surface area contributed by atoms with E-state index in [-0.39, 0.29) is 6.04 Å². The van der Waals surface area contributed by atoms with Crippen LogP contribution in [0.15, 0.2) is 0 Å². The van der Waals surface area contributed by atoms with E-state index in [1.807, 2.05) is 0 Å². The number of carbonyl (C=O) groups excluding carboxylic acids is 1. The summed E-state index contributed by atoms with van der Waals surface area (Å²) in [5.74, 6) is 0.934. The monoisotopic (exact) mass is 239 g/mol. The minimum atomic E-state index is 0.172. The molecule has 1 atom stereocenters. The summed E-state index contributed by atoms with van der Waals surface area (Å²) >= 11 is 0. The second-order valence-electron chi connectivity index (χ2n) is 5.48. The third-order valence-corrected chi connectivity index (χ3v) is 4.17. The molecule has 0 spiro atoms. The summed E-state index contributed by atoms with van der Waals surface area (Å²) in [6.45, 7) is 8.14. The van der Waals surface area contributed by atoms with Crippen molar-refractivity contribution in [3.05, 3.63) is 0 Å². The summed E-state index contributed by atoms with van der Waals surface area (Å²) in [4.78, 5) is 16.7. The number of ketones is 1. The van der Waals surface area contributed by atoms with Crippen molar-refractivity contribution >= 4 is 5.78 Å². The second kappa shape index (κ2) is 5.94. The molecule has 17 heavy (non-hydrogen) atoms. The Morgan fingerprint density at radius 3 is 2.29 bits per heavy atom. The zero-order valence-corrected chi connectivity index (χ0v) is 11.1. The fourth-order valence-corrected chi connectivity index (χ4v) is 3.19. The summed E-state index contributed by atoms with van der Waals surface area (Å²) in [6, 6.07) is 0.172. The molecule has 0 bridgehead atoms. The molecule has 0 saturated carbocycles. The van der Waals surface area contributed by atoms with Crippen molar-refractivity contribution < 1.29 is 4.79 Å². The third kappa shape index (κ3) is 3.27. The highest BCUT2D eigenvalue weighted by molar-refractivity contribution is 5.81. The molecule has 2 heterocycles. The highest BCUT2D eigenvalue weighted by Gasteiger charge is 2.33. The Bertz CT molecular complexity index is 255. The molecule has 2 rings (SSSR count). The summed E-state index contributed by atoms with van der Waals surface area (Å²) in [7, 11) is 2.17. The van der Waals surface area contributed by atoms with Crippen LogP contribution in [-0.4, -0.2) is 67.9 Å². The molecule has 4 nitrogen and oxygen atoms in total. The van der Waals surface area contributed by atoms with E-state index in [4.69, 9.17) is 0 Å². The summed E-state index contributed by atoms with van der Waals surface area (Å²) in [6.07, 6.45) is 2.34. The lowest BCUT2D eigenvalue weighted by Crippen LogP contribution is -2.54. The van der Waals surface area contributed by atoms with Crippen LogP contribution in [-0.2, 0) is 4.79 Å². The van der Waals surface area contributed by atoms with Crippen LogP contribution in [0.2, 0.25) is 0 Å². The first kappa shape index (κ1) is 13.0. The highest BCUT2D eigenvalue weighted by atomic mass is 16.1. The Hall–Kier alpha value is -0.450. The summed E-state index contributed by atoms with van der Waals surface area (Å²) in [5.41, 5.74) is 0. The molecule has 4 heteroatoms. The number of nitrogens with one attached hydrogen (secondary N) is 1. The maximum atomic E-state index is 11.9. The second-order valence-corrected chi connectivity index (χ2v) is 5.48. The molecule has 2 aliphatic heterocycles. The number of hydrogen-bond donors (Lipinski definition) is 1. The van der Waals surface area contributed by atoms with Crippen LogP contribution in [0.1, 0.15) is 19.8 Å². The number of likely N-dealkylation sites (tertiary alicyclic amines) is 1. The molecule has 0 amide bonds. The minimum absolute atomic E-state index is 0.172. The minimum Gasteiger partial charge on any atom is -0.314 e. The van der Waals surface area contributed by atoms with Crippen molar-refractivity contribution in [2.24, 2.45) is 5.92 Å². The van der Waals surface area contributed by atoms with Crippen molar-refractivity contribution in [2.45, 2.75) is 25.8 Å². The molecule has 2 fully saturated rings. The lowest BCUT2D eigenvalue weighted by molar-refractivity contribution is -0.125. The highest BCUT2D eigenvalue weighted by Crippen LogP contribution is 2.24. The van der Waals surface area contributed by atoms with E-state index in [2.05, 4.69) is 22.2 Å². The zero-order chi connectivity index (χ0) is 12.3. The lowest BCUT2D eigenvalue weighted by Gasteiger charge is -2.40. The van der Waals surface area contributed by atoms with Gasteiger partial charge in [0.25, 0.3) is 0 Å². The van der Waals surface area contributed by atoms with Gasteiger partial charge in [-0.25, -0.2) is 0 Å². The number of hydrogen-bond acceptors (Lipinski definition) is 4. The number of rotatable bonds is 3. The van der Waals surface area contributed by atoms with Gasteiger partial charge in [-0.1, -0.05) is 0 Å². The van der Waals surface area contributed by atoms with Crippen LogP contribution in [0.4, 0.5) is 0 Å². The van der Waals surface area contributed by atoms with Gasteiger partial charge in [0.1, 0.15) is 5.78 Å². The number of carbonyl (C=O) groups is 1. The summed E-state index contributed by atoms with van der Waals surface area (Å²) < 4.78 is 0. The van der Waals surface area contributed by atoms with Gasteiger partial charge >= 0.3 is 0 Å². The van der Waals surface area contributed by atoms with E-state index >= 15 is 0 Å².